The third-order valence-corrected chi connectivity index (χ3v) is 6.09. The Morgan fingerprint density at radius 1 is 1.27 bits per heavy atom. The number of carbonyl (C=O) groups excluding carboxylic acids is 1. The van der Waals surface area contributed by atoms with Gasteiger partial charge in [-0.1, -0.05) is 0 Å². The molecule has 0 atom stereocenters. The third-order valence-electron chi connectivity index (χ3n) is 6.09. The molecule has 0 radical (unpaired) electrons. The zero-order valence-corrected chi connectivity index (χ0v) is 16.8. The van der Waals surface area contributed by atoms with E-state index in [-0.39, 0.29) is 17.8 Å². The van der Waals surface area contributed by atoms with E-state index in [4.69, 9.17) is 14.6 Å². The molecule has 3 aliphatic rings. The molecule has 0 aromatic carbocycles. The molecule has 1 saturated heterocycles. The van der Waals surface area contributed by atoms with Crippen LogP contribution in [0.25, 0.3) is 0 Å². The molecule has 0 unspecified atom stereocenters. The average Bonchev–Trinajstić information content (AvgIpc) is 3.13. The van der Waals surface area contributed by atoms with E-state index in [2.05, 4.69) is 9.67 Å². The maximum Gasteiger partial charge on any atom is 0.286 e. The van der Waals surface area contributed by atoms with Gasteiger partial charge in [0.2, 0.25) is 11.8 Å². The molecule has 3 aliphatic heterocycles. The second-order valence-electron chi connectivity index (χ2n) is 7.89. The lowest BCUT2D eigenvalue weighted by molar-refractivity contribution is -0.129. The number of aromatic nitrogens is 3. The van der Waals surface area contributed by atoms with E-state index in [1.54, 1.807) is 11.8 Å². The molecule has 0 bridgehead atoms. The molecule has 1 N–H and O–H groups in total. The van der Waals surface area contributed by atoms with Crippen LogP contribution in [0.15, 0.2) is 10.9 Å². The van der Waals surface area contributed by atoms with Crippen LogP contribution < -0.4 is 15.2 Å². The predicted octanol–water partition coefficient (Wildman–Crippen LogP) is 1.50. The van der Waals surface area contributed by atoms with Crippen molar-refractivity contribution in [3.05, 3.63) is 33.5 Å². The van der Waals surface area contributed by atoms with Crippen LogP contribution >= 0.6 is 0 Å². The Balaban J connectivity index is 1.62. The minimum absolute atomic E-state index is 0.0168. The first-order valence-electron chi connectivity index (χ1n) is 10.3. The van der Waals surface area contributed by atoms with Gasteiger partial charge in [-0.2, -0.15) is 5.10 Å². The van der Waals surface area contributed by atoms with Crippen molar-refractivity contribution < 1.29 is 18.7 Å². The molecule has 1 amide bonds. The molecule has 10 heteroatoms. The Kier molecular flexibility index (Phi) is 4.73. The topological polar surface area (TPSA) is 92.7 Å². The molecule has 0 saturated carbocycles. The highest BCUT2D eigenvalue weighted by Gasteiger charge is 2.34. The van der Waals surface area contributed by atoms with Crippen LogP contribution in [-0.2, 0) is 22.5 Å². The van der Waals surface area contributed by atoms with Gasteiger partial charge in [0.15, 0.2) is 11.6 Å². The summed E-state index contributed by atoms with van der Waals surface area (Å²) >= 11 is 0. The second kappa shape index (κ2) is 7.42. The number of pyridine rings is 1. The Labute approximate surface area is 172 Å². The molecular weight excluding hydrogens is 393 g/mol. The van der Waals surface area contributed by atoms with Gasteiger partial charge in [0, 0.05) is 50.4 Å². The van der Waals surface area contributed by atoms with E-state index in [1.807, 2.05) is 4.90 Å². The summed E-state index contributed by atoms with van der Waals surface area (Å²) in [5, 5.41) is 4.96. The largest absolute Gasteiger partial charge is 0.476 e. The standard InChI is InChI=1S/C20H24FN5O4/c1-12(27)24-5-2-16-14(11-24)18(23-26(16)13-3-7-29-8-4-13)25-6-9-30-20-17(25)10-15(21)19(28)22-20/h10,13H,2-9,11H2,1H3,(H,22,28). The van der Waals surface area contributed by atoms with Crippen LogP contribution in [0.5, 0.6) is 5.88 Å². The number of amides is 1. The van der Waals surface area contributed by atoms with Crippen molar-refractivity contribution >= 4 is 17.4 Å². The van der Waals surface area contributed by atoms with E-state index >= 15 is 0 Å². The normalized spacial score (nSPS) is 19.3. The summed E-state index contributed by atoms with van der Waals surface area (Å²) < 4.78 is 27.2. The van der Waals surface area contributed by atoms with Gasteiger partial charge >= 0.3 is 0 Å². The lowest BCUT2D eigenvalue weighted by Gasteiger charge is -2.32. The molecule has 30 heavy (non-hydrogen) atoms. The fourth-order valence-corrected chi connectivity index (χ4v) is 4.51. The van der Waals surface area contributed by atoms with Crippen molar-refractivity contribution in [1.82, 2.24) is 19.7 Å². The van der Waals surface area contributed by atoms with Gasteiger partial charge in [-0.25, -0.2) is 4.39 Å². The van der Waals surface area contributed by atoms with E-state index < -0.39 is 11.4 Å². The van der Waals surface area contributed by atoms with Gasteiger partial charge in [-0.3, -0.25) is 19.3 Å². The Morgan fingerprint density at radius 2 is 2.07 bits per heavy atom. The molecule has 0 aliphatic carbocycles. The van der Waals surface area contributed by atoms with E-state index in [1.165, 1.54) is 6.07 Å². The number of nitrogens with zero attached hydrogens (tertiary/aromatic N) is 4. The van der Waals surface area contributed by atoms with Crippen molar-refractivity contribution in [2.24, 2.45) is 0 Å². The minimum Gasteiger partial charge on any atom is -0.476 e. The maximum atomic E-state index is 14.1. The Hall–Kier alpha value is -2.88. The lowest BCUT2D eigenvalue weighted by atomic mass is 10.0. The van der Waals surface area contributed by atoms with Crippen molar-refractivity contribution in [3.8, 4) is 5.88 Å². The first kappa shape index (κ1) is 19.1. The first-order valence-corrected chi connectivity index (χ1v) is 10.3. The van der Waals surface area contributed by atoms with E-state index in [9.17, 15) is 14.0 Å². The number of aromatic amines is 1. The van der Waals surface area contributed by atoms with Gasteiger partial charge in [-0.05, 0) is 12.8 Å². The fraction of sp³-hybridized carbons (Fsp3) is 0.550. The summed E-state index contributed by atoms with van der Waals surface area (Å²) in [6.07, 6.45) is 2.48. The number of ether oxygens (including phenoxy) is 2. The number of fused-ring (bicyclic) bond motifs is 2. The van der Waals surface area contributed by atoms with E-state index in [0.717, 1.165) is 30.5 Å². The molecule has 5 rings (SSSR count). The van der Waals surface area contributed by atoms with E-state index in [0.29, 0.717) is 51.0 Å². The smallest absolute Gasteiger partial charge is 0.286 e. The Morgan fingerprint density at radius 3 is 2.83 bits per heavy atom. The molecular formula is C20H24FN5O4. The summed E-state index contributed by atoms with van der Waals surface area (Å²) in [7, 11) is 0. The summed E-state index contributed by atoms with van der Waals surface area (Å²) in [5.74, 6) is 0.0789. The van der Waals surface area contributed by atoms with Crippen LogP contribution in [0.1, 0.15) is 37.1 Å². The van der Waals surface area contributed by atoms with Crippen molar-refractivity contribution in [2.75, 3.05) is 37.8 Å². The molecule has 9 nitrogen and oxygen atoms in total. The molecule has 5 heterocycles. The van der Waals surface area contributed by atoms with Crippen LogP contribution in [0.4, 0.5) is 15.9 Å². The number of nitrogens with one attached hydrogen (secondary N) is 1. The summed E-state index contributed by atoms with van der Waals surface area (Å²) in [5.41, 5.74) is 1.72. The number of hydrogen-bond acceptors (Lipinski definition) is 6. The van der Waals surface area contributed by atoms with Gasteiger partial charge in [0.25, 0.3) is 5.56 Å². The average molecular weight is 417 g/mol. The number of H-pyrrole nitrogens is 1. The Bertz CT molecular complexity index is 1040. The van der Waals surface area contributed by atoms with Crippen molar-refractivity contribution in [1.29, 1.82) is 0 Å². The highest BCUT2D eigenvalue weighted by atomic mass is 19.1. The van der Waals surface area contributed by atoms with Crippen LogP contribution in [0.2, 0.25) is 0 Å². The van der Waals surface area contributed by atoms with Crippen molar-refractivity contribution in [3.63, 3.8) is 0 Å². The number of hydrogen-bond donors (Lipinski definition) is 1. The third kappa shape index (κ3) is 3.15. The second-order valence-corrected chi connectivity index (χ2v) is 7.89. The number of anilines is 2. The zero-order chi connectivity index (χ0) is 20.8. The predicted molar refractivity (Wildman–Crippen MR) is 106 cm³/mol. The minimum atomic E-state index is -0.868. The highest BCUT2D eigenvalue weighted by molar-refractivity contribution is 5.75. The lowest BCUT2D eigenvalue weighted by Crippen LogP contribution is -2.36. The molecule has 2 aromatic heterocycles. The number of halogens is 1. The monoisotopic (exact) mass is 417 g/mol. The molecule has 1 fully saturated rings. The van der Waals surface area contributed by atoms with Crippen molar-refractivity contribution in [2.45, 2.75) is 38.8 Å². The van der Waals surface area contributed by atoms with Crippen LogP contribution in [-0.4, -0.2) is 58.5 Å². The SMILES string of the molecule is CC(=O)N1CCc2c(c(N3CCOc4[nH]c(=O)c(F)cc43)nn2C2CCOCC2)C1. The van der Waals surface area contributed by atoms with Gasteiger partial charge in [-0.15, -0.1) is 0 Å². The maximum absolute atomic E-state index is 14.1. The summed E-state index contributed by atoms with van der Waals surface area (Å²) in [4.78, 5) is 29.9. The molecule has 0 spiro atoms. The van der Waals surface area contributed by atoms with Gasteiger partial charge in [0.05, 0.1) is 19.1 Å². The number of rotatable bonds is 2. The first-order chi connectivity index (χ1) is 14.5. The highest BCUT2D eigenvalue weighted by Crippen LogP contribution is 2.39. The molecule has 2 aromatic rings. The number of carbonyl (C=O) groups is 1. The van der Waals surface area contributed by atoms with Gasteiger partial charge in [0.1, 0.15) is 12.3 Å². The quantitative estimate of drug-likeness (QED) is 0.796. The summed E-state index contributed by atoms with van der Waals surface area (Å²) in [6, 6.07) is 1.43. The molecule has 160 valence electrons. The zero-order valence-electron chi connectivity index (χ0n) is 16.8. The van der Waals surface area contributed by atoms with Crippen LogP contribution in [0, 0.1) is 5.82 Å². The van der Waals surface area contributed by atoms with Crippen LogP contribution in [0.3, 0.4) is 0 Å². The fourth-order valence-electron chi connectivity index (χ4n) is 4.51. The van der Waals surface area contributed by atoms with Gasteiger partial charge < -0.3 is 19.3 Å². The summed E-state index contributed by atoms with van der Waals surface area (Å²) in [6.45, 7) is 4.87.